The molecule has 1 amide bonds. The lowest BCUT2D eigenvalue weighted by Crippen LogP contribution is -2.20. The maximum absolute atomic E-state index is 12.7. The number of esters is 1. The van der Waals surface area contributed by atoms with Crippen LogP contribution in [0.1, 0.15) is 18.1 Å². The largest absolute Gasteiger partial charge is 0.484 e. The van der Waals surface area contributed by atoms with Crippen LogP contribution in [0.5, 0.6) is 5.75 Å². The van der Waals surface area contributed by atoms with Crippen LogP contribution in [0.2, 0.25) is 0 Å². The van der Waals surface area contributed by atoms with E-state index in [1.807, 2.05) is 0 Å². The fraction of sp³-hybridized carbons (Fsp3) is 0.190. The first-order chi connectivity index (χ1) is 14.2. The quantitative estimate of drug-likeness (QED) is 0.414. The maximum Gasteiger partial charge on any atom is 0.416 e. The second-order valence-corrected chi connectivity index (χ2v) is 5.87. The number of hydrogen-bond acceptors (Lipinski definition) is 5. The van der Waals surface area contributed by atoms with Crippen LogP contribution >= 0.6 is 0 Å². The van der Waals surface area contributed by atoms with Crippen molar-refractivity contribution in [3.05, 3.63) is 65.2 Å². The van der Waals surface area contributed by atoms with Gasteiger partial charge in [-0.15, -0.1) is 0 Å². The molecule has 30 heavy (non-hydrogen) atoms. The SMILES string of the molecule is CCOC(=O)C(C#N)=Cc1ccc(OCC(=O)Nc2cccc(C(F)(F)F)c2)cc1. The van der Waals surface area contributed by atoms with Crippen molar-refractivity contribution >= 4 is 23.6 Å². The van der Waals surface area contributed by atoms with Crippen LogP contribution in [0.3, 0.4) is 0 Å². The first-order valence-electron chi connectivity index (χ1n) is 8.72. The van der Waals surface area contributed by atoms with E-state index >= 15 is 0 Å². The van der Waals surface area contributed by atoms with Crippen LogP contribution in [-0.4, -0.2) is 25.1 Å². The molecule has 2 rings (SSSR count). The number of halogens is 3. The Balaban J connectivity index is 1.95. The van der Waals surface area contributed by atoms with Crippen molar-refractivity contribution in [1.82, 2.24) is 0 Å². The standard InChI is InChI=1S/C21H17F3N2O4/c1-2-29-20(28)15(12-25)10-14-6-8-18(9-7-14)30-13-19(27)26-17-5-3-4-16(11-17)21(22,23)24/h3-11H,2,13H2,1H3,(H,26,27). The number of nitrogens with one attached hydrogen (secondary N) is 1. The summed E-state index contributed by atoms with van der Waals surface area (Å²) in [7, 11) is 0. The highest BCUT2D eigenvalue weighted by atomic mass is 19.4. The fourth-order valence-corrected chi connectivity index (χ4v) is 2.29. The van der Waals surface area contributed by atoms with Crippen LogP contribution in [-0.2, 0) is 20.5 Å². The Kier molecular flexibility index (Phi) is 7.58. The van der Waals surface area contributed by atoms with Gasteiger partial charge in [-0.25, -0.2) is 4.79 Å². The molecule has 2 aromatic rings. The van der Waals surface area contributed by atoms with Crippen LogP contribution in [0.25, 0.3) is 6.08 Å². The highest BCUT2D eigenvalue weighted by Crippen LogP contribution is 2.30. The van der Waals surface area contributed by atoms with Crippen LogP contribution in [0.4, 0.5) is 18.9 Å². The second kappa shape index (κ2) is 10.1. The summed E-state index contributed by atoms with van der Waals surface area (Å²) in [5, 5.41) is 11.3. The fourth-order valence-electron chi connectivity index (χ4n) is 2.29. The predicted molar refractivity (Wildman–Crippen MR) is 102 cm³/mol. The zero-order chi connectivity index (χ0) is 22.1. The zero-order valence-corrected chi connectivity index (χ0v) is 15.8. The molecule has 0 aliphatic rings. The molecular formula is C21H17F3N2O4. The van der Waals surface area contributed by atoms with Crippen LogP contribution < -0.4 is 10.1 Å². The minimum atomic E-state index is -4.51. The summed E-state index contributed by atoms with van der Waals surface area (Å²) in [6.45, 7) is 1.35. The summed E-state index contributed by atoms with van der Waals surface area (Å²) in [5.74, 6) is -1.04. The van der Waals surface area contributed by atoms with Gasteiger partial charge < -0.3 is 14.8 Å². The van der Waals surface area contributed by atoms with E-state index in [1.54, 1.807) is 25.1 Å². The van der Waals surface area contributed by atoms with Gasteiger partial charge in [0.15, 0.2) is 6.61 Å². The summed E-state index contributed by atoms with van der Waals surface area (Å²) in [4.78, 5) is 23.5. The number of nitriles is 1. The monoisotopic (exact) mass is 418 g/mol. The van der Waals surface area contributed by atoms with Crippen molar-refractivity contribution in [2.24, 2.45) is 0 Å². The van der Waals surface area contributed by atoms with Gasteiger partial charge in [0.1, 0.15) is 17.4 Å². The number of anilines is 1. The second-order valence-electron chi connectivity index (χ2n) is 5.87. The number of alkyl halides is 3. The summed E-state index contributed by atoms with van der Waals surface area (Å²) < 4.78 is 48.2. The van der Waals surface area contributed by atoms with Gasteiger partial charge in [-0.05, 0) is 48.9 Å². The molecule has 0 heterocycles. The molecule has 0 aliphatic carbocycles. The Morgan fingerprint density at radius 3 is 2.47 bits per heavy atom. The molecule has 0 atom stereocenters. The number of carbonyl (C=O) groups is 2. The van der Waals surface area contributed by atoms with Gasteiger partial charge in [0.05, 0.1) is 12.2 Å². The lowest BCUT2D eigenvalue weighted by molar-refractivity contribution is -0.138. The van der Waals surface area contributed by atoms with Gasteiger partial charge in [0.2, 0.25) is 0 Å². The third kappa shape index (κ3) is 6.67. The topological polar surface area (TPSA) is 88.4 Å². The molecule has 0 bridgehead atoms. The highest BCUT2D eigenvalue weighted by molar-refractivity contribution is 5.97. The van der Waals surface area contributed by atoms with Gasteiger partial charge in [0.25, 0.3) is 5.91 Å². The van der Waals surface area contributed by atoms with Gasteiger partial charge in [-0.1, -0.05) is 18.2 Å². The van der Waals surface area contributed by atoms with Crippen molar-refractivity contribution in [2.75, 3.05) is 18.5 Å². The molecule has 0 saturated heterocycles. The molecular weight excluding hydrogens is 401 g/mol. The Bertz CT molecular complexity index is 977. The number of amides is 1. The van der Waals surface area contributed by atoms with Gasteiger partial charge in [0, 0.05) is 5.69 Å². The third-order valence-electron chi connectivity index (χ3n) is 3.65. The molecule has 1 N–H and O–H groups in total. The van der Waals surface area contributed by atoms with E-state index in [0.29, 0.717) is 11.3 Å². The van der Waals surface area contributed by atoms with Crippen LogP contribution in [0, 0.1) is 11.3 Å². The minimum Gasteiger partial charge on any atom is -0.484 e. The molecule has 0 aliphatic heterocycles. The lowest BCUT2D eigenvalue weighted by atomic mass is 10.1. The number of carbonyl (C=O) groups excluding carboxylic acids is 2. The molecule has 0 aromatic heterocycles. The van der Waals surface area contributed by atoms with E-state index in [2.05, 4.69) is 5.32 Å². The van der Waals surface area contributed by atoms with E-state index in [4.69, 9.17) is 14.7 Å². The average Bonchev–Trinajstić information content (AvgIpc) is 2.71. The average molecular weight is 418 g/mol. The molecule has 2 aromatic carbocycles. The Labute approximate surface area is 170 Å². The highest BCUT2D eigenvalue weighted by Gasteiger charge is 2.30. The summed E-state index contributed by atoms with van der Waals surface area (Å²) in [6, 6.07) is 12.2. The molecule has 0 fully saturated rings. The molecule has 156 valence electrons. The number of benzene rings is 2. The molecule has 6 nitrogen and oxygen atoms in total. The van der Waals surface area contributed by atoms with Crippen molar-refractivity contribution in [2.45, 2.75) is 13.1 Å². The van der Waals surface area contributed by atoms with Gasteiger partial charge >= 0.3 is 12.1 Å². The lowest BCUT2D eigenvalue weighted by Gasteiger charge is -2.10. The maximum atomic E-state index is 12.7. The van der Waals surface area contributed by atoms with Crippen molar-refractivity contribution in [1.29, 1.82) is 5.26 Å². The van der Waals surface area contributed by atoms with Crippen LogP contribution in [0.15, 0.2) is 54.1 Å². The number of rotatable bonds is 7. The Morgan fingerprint density at radius 1 is 1.17 bits per heavy atom. The predicted octanol–water partition coefficient (Wildman–Crippen LogP) is 4.19. The van der Waals surface area contributed by atoms with E-state index < -0.39 is 30.2 Å². The summed E-state index contributed by atoms with van der Waals surface area (Å²) in [6.07, 6.45) is -3.16. The van der Waals surface area contributed by atoms with Crippen molar-refractivity contribution in [3.8, 4) is 11.8 Å². The summed E-state index contributed by atoms with van der Waals surface area (Å²) >= 11 is 0. The minimum absolute atomic E-state index is 0.00177. The first-order valence-corrected chi connectivity index (χ1v) is 8.72. The molecule has 0 unspecified atom stereocenters. The zero-order valence-electron chi connectivity index (χ0n) is 15.8. The normalized spacial score (nSPS) is 11.4. The third-order valence-corrected chi connectivity index (χ3v) is 3.65. The van der Waals surface area contributed by atoms with Crippen molar-refractivity contribution in [3.63, 3.8) is 0 Å². The number of hydrogen-bond donors (Lipinski definition) is 1. The smallest absolute Gasteiger partial charge is 0.416 e. The van der Waals surface area contributed by atoms with E-state index in [-0.39, 0.29) is 17.9 Å². The number of ether oxygens (including phenoxy) is 2. The Morgan fingerprint density at radius 2 is 1.87 bits per heavy atom. The van der Waals surface area contributed by atoms with E-state index in [1.165, 1.54) is 30.3 Å². The molecule has 0 spiro atoms. The van der Waals surface area contributed by atoms with Crippen molar-refractivity contribution < 1.29 is 32.2 Å². The molecule has 0 radical (unpaired) electrons. The first kappa shape index (κ1) is 22.5. The number of nitrogens with zero attached hydrogens (tertiary/aromatic N) is 1. The molecule has 9 heteroatoms. The summed E-state index contributed by atoms with van der Waals surface area (Å²) in [5.41, 5.74) is -0.488. The van der Waals surface area contributed by atoms with E-state index in [9.17, 15) is 22.8 Å². The van der Waals surface area contributed by atoms with Gasteiger partial charge in [-0.3, -0.25) is 4.79 Å². The Hall–Kier alpha value is -3.80. The van der Waals surface area contributed by atoms with E-state index in [0.717, 1.165) is 12.1 Å². The molecule has 0 saturated carbocycles. The van der Waals surface area contributed by atoms with Gasteiger partial charge in [-0.2, -0.15) is 18.4 Å².